The van der Waals surface area contributed by atoms with Gasteiger partial charge in [-0.25, -0.2) is 4.79 Å². The van der Waals surface area contributed by atoms with Crippen LogP contribution in [0.1, 0.15) is 11.1 Å². The van der Waals surface area contributed by atoms with Gasteiger partial charge in [-0.2, -0.15) is 0 Å². The molecule has 0 unspecified atom stereocenters. The highest BCUT2D eigenvalue weighted by Gasteiger charge is 2.56. The molecule has 22 heavy (non-hydrogen) atoms. The minimum absolute atomic E-state index is 0.0291. The Hall–Kier alpha value is -2.33. The van der Waals surface area contributed by atoms with Gasteiger partial charge in [-0.3, -0.25) is 4.90 Å². The van der Waals surface area contributed by atoms with Gasteiger partial charge in [-0.05, 0) is 0 Å². The van der Waals surface area contributed by atoms with Gasteiger partial charge in [0.2, 0.25) is 0 Å². The first-order valence-electron chi connectivity index (χ1n) is 7.64. The summed E-state index contributed by atoms with van der Waals surface area (Å²) in [7, 11) is 0. The predicted octanol–water partition coefficient (Wildman–Crippen LogP) is 2.35. The van der Waals surface area contributed by atoms with Gasteiger partial charge in [0.15, 0.2) is 5.60 Å². The van der Waals surface area contributed by atoms with Crippen LogP contribution in [0.2, 0.25) is 0 Å². The average Bonchev–Trinajstić information content (AvgIpc) is 2.91. The maximum Gasteiger partial charge on any atom is 0.411 e. The van der Waals surface area contributed by atoms with E-state index < -0.39 is 5.60 Å². The van der Waals surface area contributed by atoms with Crippen LogP contribution in [0.5, 0.6) is 0 Å². The van der Waals surface area contributed by atoms with Gasteiger partial charge < -0.3 is 10.1 Å². The molecule has 1 N–H and O–H groups in total. The molecule has 4 nitrogen and oxygen atoms in total. The molecule has 2 aliphatic heterocycles. The molecule has 1 amide bonds. The molecular formula is C18H18N2O2. The zero-order valence-corrected chi connectivity index (χ0v) is 12.2. The van der Waals surface area contributed by atoms with E-state index in [9.17, 15) is 4.79 Å². The lowest BCUT2D eigenvalue weighted by Crippen LogP contribution is -2.55. The van der Waals surface area contributed by atoms with E-state index in [1.807, 2.05) is 65.6 Å². The molecule has 2 aromatic rings. The summed E-state index contributed by atoms with van der Waals surface area (Å²) < 4.78 is 6.02. The topological polar surface area (TPSA) is 41.6 Å². The lowest BCUT2D eigenvalue weighted by molar-refractivity contribution is 0.0658. The number of rotatable bonds is 2. The van der Waals surface area contributed by atoms with Crippen molar-refractivity contribution in [3.05, 3.63) is 71.8 Å². The number of amides is 1. The van der Waals surface area contributed by atoms with Gasteiger partial charge >= 0.3 is 6.09 Å². The number of fused-ring (bicyclic) bond motifs is 1. The number of carbonyl (C=O) groups is 1. The smallest absolute Gasteiger partial charge is 0.411 e. The number of cyclic esters (lactones) is 1. The van der Waals surface area contributed by atoms with Crippen LogP contribution in [0.3, 0.4) is 0 Å². The molecule has 112 valence electrons. The van der Waals surface area contributed by atoms with E-state index in [1.54, 1.807) is 0 Å². The minimum Gasteiger partial charge on any atom is -0.431 e. The van der Waals surface area contributed by atoms with Gasteiger partial charge in [-0.15, -0.1) is 0 Å². The number of hydrogen-bond acceptors (Lipinski definition) is 3. The summed E-state index contributed by atoms with van der Waals surface area (Å²) in [6, 6.07) is 20.1. The Balaban J connectivity index is 1.92. The molecule has 1 atom stereocenters. The molecular weight excluding hydrogens is 276 g/mol. The molecule has 2 fully saturated rings. The quantitative estimate of drug-likeness (QED) is 0.924. The predicted molar refractivity (Wildman–Crippen MR) is 83.5 cm³/mol. The van der Waals surface area contributed by atoms with E-state index in [-0.39, 0.29) is 12.1 Å². The van der Waals surface area contributed by atoms with Crippen LogP contribution in [-0.4, -0.2) is 36.7 Å². The van der Waals surface area contributed by atoms with Crippen molar-refractivity contribution in [1.82, 2.24) is 10.2 Å². The average molecular weight is 294 g/mol. The van der Waals surface area contributed by atoms with E-state index in [1.165, 1.54) is 0 Å². The molecule has 2 heterocycles. The minimum atomic E-state index is -0.743. The van der Waals surface area contributed by atoms with Crippen LogP contribution in [0, 0.1) is 0 Å². The molecule has 0 aliphatic carbocycles. The summed E-state index contributed by atoms with van der Waals surface area (Å²) in [5.41, 5.74) is 1.30. The molecule has 0 bridgehead atoms. The van der Waals surface area contributed by atoms with Gasteiger partial charge in [0.1, 0.15) is 0 Å². The fourth-order valence-corrected chi connectivity index (χ4v) is 3.59. The second-order valence-electron chi connectivity index (χ2n) is 5.75. The van der Waals surface area contributed by atoms with Crippen molar-refractivity contribution in [1.29, 1.82) is 0 Å². The maximum absolute atomic E-state index is 12.4. The number of carbonyl (C=O) groups excluding carboxylic acids is 1. The van der Waals surface area contributed by atoms with Crippen molar-refractivity contribution in [2.75, 3.05) is 19.6 Å². The highest BCUT2D eigenvalue weighted by Crippen LogP contribution is 2.44. The van der Waals surface area contributed by atoms with Crippen molar-refractivity contribution >= 4 is 6.09 Å². The molecule has 0 saturated carbocycles. The Bertz CT molecular complexity index is 633. The molecule has 2 aliphatic rings. The Morgan fingerprint density at radius 3 is 2.18 bits per heavy atom. The van der Waals surface area contributed by atoms with Crippen LogP contribution in [-0.2, 0) is 10.3 Å². The molecule has 4 rings (SSSR count). The number of piperazine rings is 1. The first kappa shape index (κ1) is 13.3. The van der Waals surface area contributed by atoms with E-state index >= 15 is 0 Å². The number of nitrogens with zero attached hydrogens (tertiary/aromatic N) is 1. The van der Waals surface area contributed by atoms with Crippen molar-refractivity contribution in [3.63, 3.8) is 0 Å². The third kappa shape index (κ3) is 1.84. The van der Waals surface area contributed by atoms with E-state index in [0.29, 0.717) is 6.54 Å². The largest absolute Gasteiger partial charge is 0.431 e. The first-order chi connectivity index (χ1) is 10.8. The Labute approximate surface area is 129 Å². The number of benzene rings is 2. The normalized spacial score (nSPS) is 23.0. The second kappa shape index (κ2) is 5.14. The summed E-state index contributed by atoms with van der Waals surface area (Å²) in [6.07, 6.45) is -0.223. The molecule has 0 radical (unpaired) electrons. The van der Waals surface area contributed by atoms with Crippen molar-refractivity contribution < 1.29 is 9.53 Å². The van der Waals surface area contributed by atoms with Crippen LogP contribution in [0.15, 0.2) is 60.7 Å². The van der Waals surface area contributed by atoms with Gasteiger partial charge in [0, 0.05) is 30.8 Å². The third-order valence-corrected chi connectivity index (χ3v) is 4.60. The van der Waals surface area contributed by atoms with Crippen LogP contribution in [0.4, 0.5) is 4.79 Å². The Kier molecular flexibility index (Phi) is 3.12. The lowest BCUT2D eigenvalue weighted by Gasteiger charge is -2.38. The van der Waals surface area contributed by atoms with Gasteiger partial charge in [0.05, 0.1) is 6.04 Å². The van der Waals surface area contributed by atoms with E-state index in [0.717, 1.165) is 24.2 Å². The van der Waals surface area contributed by atoms with Crippen LogP contribution in [0.25, 0.3) is 0 Å². The monoisotopic (exact) mass is 294 g/mol. The van der Waals surface area contributed by atoms with E-state index in [2.05, 4.69) is 5.32 Å². The zero-order chi connectivity index (χ0) is 15.0. The summed E-state index contributed by atoms with van der Waals surface area (Å²) >= 11 is 0. The third-order valence-electron chi connectivity index (χ3n) is 4.60. The van der Waals surface area contributed by atoms with E-state index in [4.69, 9.17) is 4.74 Å². The highest BCUT2D eigenvalue weighted by atomic mass is 16.6. The van der Waals surface area contributed by atoms with Crippen LogP contribution < -0.4 is 5.32 Å². The molecule has 0 aromatic heterocycles. The van der Waals surface area contributed by atoms with Crippen molar-refractivity contribution in [2.24, 2.45) is 0 Å². The molecule has 0 spiro atoms. The SMILES string of the molecule is O=C1OC(c2ccccc2)(c2ccccc2)[C@H]2CNCCN12. The number of hydrogen-bond donors (Lipinski definition) is 1. The number of nitrogens with one attached hydrogen (secondary N) is 1. The molecule has 2 saturated heterocycles. The van der Waals surface area contributed by atoms with Gasteiger partial charge in [-0.1, -0.05) is 60.7 Å². The molecule has 2 aromatic carbocycles. The highest BCUT2D eigenvalue weighted by molar-refractivity contribution is 5.74. The second-order valence-corrected chi connectivity index (χ2v) is 5.75. The summed E-state index contributed by atoms with van der Waals surface area (Å²) in [5, 5.41) is 3.40. The zero-order valence-electron chi connectivity index (χ0n) is 12.2. The fourth-order valence-electron chi connectivity index (χ4n) is 3.59. The van der Waals surface area contributed by atoms with Crippen molar-refractivity contribution in [2.45, 2.75) is 11.6 Å². The van der Waals surface area contributed by atoms with Crippen LogP contribution >= 0.6 is 0 Å². The summed E-state index contributed by atoms with van der Waals surface area (Å²) in [5.74, 6) is 0. The van der Waals surface area contributed by atoms with Crippen molar-refractivity contribution in [3.8, 4) is 0 Å². The number of ether oxygens (including phenoxy) is 1. The maximum atomic E-state index is 12.4. The van der Waals surface area contributed by atoms with Gasteiger partial charge in [0.25, 0.3) is 0 Å². The summed E-state index contributed by atoms with van der Waals surface area (Å²) in [4.78, 5) is 14.3. The standard InChI is InChI=1S/C18H18N2O2/c21-17-20-12-11-19-13-16(20)18(22-17,14-7-3-1-4-8-14)15-9-5-2-6-10-15/h1-10,16,19H,11-13H2/t16-/m1/s1. The summed E-state index contributed by atoms with van der Waals surface area (Å²) in [6.45, 7) is 2.23. The molecule has 4 heteroatoms. The Morgan fingerprint density at radius 2 is 1.59 bits per heavy atom. The Morgan fingerprint density at radius 1 is 1.00 bits per heavy atom. The lowest BCUT2D eigenvalue weighted by atomic mass is 9.79. The first-order valence-corrected chi connectivity index (χ1v) is 7.64. The fraction of sp³-hybridized carbons (Fsp3) is 0.278.